The summed E-state index contributed by atoms with van der Waals surface area (Å²) < 4.78 is 16.8. The van der Waals surface area contributed by atoms with Gasteiger partial charge in [-0.25, -0.2) is 0 Å². The van der Waals surface area contributed by atoms with Gasteiger partial charge in [0.15, 0.2) is 6.72 Å². The predicted molar refractivity (Wildman–Crippen MR) is 156 cm³/mol. The van der Waals surface area contributed by atoms with Crippen LogP contribution in [0.3, 0.4) is 0 Å². The minimum atomic E-state index is -0.161. The Balaban J connectivity index is 1.40. The van der Waals surface area contributed by atoms with Gasteiger partial charge >= 0.3 is 0 Å². The van der Waals surface area contributed by atoms with E-state index in [1.165, 1.54) is 0 Å². The van der Waals surface area contributed by atoms with E-state index in [0.29, 0.717) is 13.2 Å². The van der Waals surface area contributed by atoms with Gasteiger partial charge < -0.3 is 14.4 Å². The summed E-state index contributed by atoms with van der Waals surface area (Å²) in [7, 11) is 10.3. The number of rotatable bonds is 14. The third-order valence-electron chi connectivity index (χ3n) is 7.18. The molecule has 8 nitrogen and oxygen atoms in total. The fourth-order valence-electron chi connectivity index (χ4n) is 4.86. The van der Waals surface area contributed by atoms with Gasteiger partial charge in [0, 0.05) is 32.4 Å². The summed E-state index contributed by atoms with van der Waals surface area (Å²) in [6.45, 7) is 8.08. The Kier molecular flexibility index (Phi) is 10.1. The first-order chi connectivity index (χ1) is 18.8. The topological polar surface area (TPSA) is 49.0 Å². The lowest BCUT2D eigenvalue weighted by Gasteiger charge is -2.24. The van der Waals surface area contributed by atoms with Gasteiger partial charge in [-0.2, -0.15) is 10.1 Å². The average molecular weight is 532 g/mol. The molecule has 0 saturated heterocycles. The zero-order valence-electron chi connectivity index (χ0n) is 24.0. The molecule has 2 heterocycles. The van der Waals surface area contributed by atoms with Gasteiger partial charge in [-0.05, 0) is 38.3 Å². The SMILES string of the molecule is C=[N+]1C(CN(C)CCOC(c2ccccc2)c2ccnn2C)C=C(C(OCCN(C)C)c2ccccc2)N1C. The van der Waals surface area contributed by atoms with Crippen molar-refractivity contribution in [2.75, 3.05) is 61.0 Å². The number of ether oxygens (including phenoxy) is 2. The first-order valence-corrected chi connectivity index (χ1v) is 13.5. The van der Waals surface area contributed by atoms with Crippen LogP contribution in [-0.2, 0) is 16.5 Å². The molecule has 0 aliphatic carbocycles. The Morgan fingerprint density at radius 2 is 1.46 bits per heavy atom. The van der Waals surface area contributed by atoms with E-state index >= 15 is 0 Å². The third-order valence-corrected chi connectivity index (χ3v) is 7.18. The average Bonchev–Trinajstić information content (AvgIpc) is 3.48. The van der Waals surface area contributed by atoms with Crippen molar-refractivity contribution in [3.63, 3.8) is 0 Å². The van der Waals surface area contributed by atoms with Crippen LogP contribution in [0.5, 0.6) is 0 Å². The summed E-state index contributed by atoms with van der Waals surface area (Å²) in [6, 6.07) is 22.9. The van der Waals surface area contributed by atoms with E-state index < -0.39 is 0 Å². The van der Waals surface area contributed by atoms with E-state index in [4.69, 9.17) is 9.47 Å². The second-order valence-electron chi connectivity index (χ2n) is 10.4. The van der Waals surface area contributed by atoms with Gasteiger partial charge in [-0.1, -0.05) is 60.7 Å². The highest BCUT2D eigenvalue weighted by Crippen LogP contribution is 2.32. The number of aromatic nitrogens is 2. The summed E-state index contributed by atoms with van der Waals surface area (Å²) in [4.78, 5) is 4.44. The predicted octanol–water partition coefficient (Wildman–Crippen LogP) is 3.60. The van der Waals surface area contributed by atoms with Gasteiger partial charge in [-0.15, -0.1) is 4.68 Å². The number of likely N-dealkylation sites (N-methyl/N-ethyl adjacent to an activating group) is 3. The molecule has 3 aromatic rings. The molecule has 208 valence electrons. The quantitative estimate of drug-likeness (QED) is 0.296. The van der Waals surface area contributed by atoms with Crippen molar-refractivity contribution in [1.29, 1.82) is 0 Å². The Bertz CT molecular complexity index is 1210. The monoisotopic (exact) mass is 531 g/mol. The summed E-state index contributed by atoms with van der Waals surface area (Å²) >= 11 is 0. The normalized spacial score (nSPS) is 17.2. The van der Waals surface area contributed by atoms with Crippen LogP contribution in [0.4, 0.5) is 0 Å². The van der Waals surface area contributed by atoms with Crippen molar-refractivity contribution in [3.8, 4) is 0 Å². The van der Waals surface area contributed by atoms with Crippen LogP contribution in [-0.4, -0.2) is 103 Å². The smallest absolute Gasteiger partial charge is 0.214 e. The van der Waals surface area contributed by atoms with Crippen LogP contribution in [0.2, 0.25) is 0 Å². The number of aryl methyl sites for hydroxylation is 1. The van der Waals surface area contributed by atoms with Crippen LogP contribution >= 0.6 is 0 Å². The van der Waals surface area contributed by atoms with Crippen molar-refractivity contribution < 1.29 is 14.2 Å². The lowest BCUT2D eigenvalue weighted by Crippen LogP contribution is -2.39. The van der Waals surface area contributed by atoms with Crippen molar-refractivity contribution in [2.24, 2.45) is 7.05 Å². The number of hydrogen-bond acceptors (Lipinski definition) is 6. The molecule has 0 fully saturated rings. The maximum Gasteiger partial charge on any atom is 0.214 e. The minimum absolute atomic E-state index is 0.126. The van der Waals surface area contributed by atoms with Crippen molar-refractivity contribution in [3.05, 3.63) is 102 Å². The molecule has 2 aromatic carbocycles. The van der Waals surface area contributed by atoms with Crippen LogP contribution in [0, 0.1) is 0 Å². The maximum atomic E-state index is 6.44. The van der Waals surface area contributed by atoms with Gasteiger partial charge in [0.25, 0.3) is 0 Å². The van der Waals surface area contributed by atoms with Crippen LogP contribution < -0.4 is 0 Å². The van der Waals surface area contributed by atoms with Gasteiger partial charge in [0.2, 0.25) is 6.04 Å². The molecule has 0 radical (unpaired) electrons. The summed E-state index contributed by atoms with van der Waals surface area (Å²) in [5.41, 5.74) is 4.43. The summed E-state index contributed by atoms with van der Waals surface area (Å²) in [6.07, 6.45) is 3.80. The summed E-state index contributed by atoms with van der Waals surface area (Å²) in [5.74, 6) is 0. The minimum Gasteiger partial charge on any atom is -0.366 e. The zero-order chi connectivity index (χ0) is 27.8. The van der Waals surface area contributed by atoms with E-state index in [2.05, 4.69) is 97.3 Å². The molecule has 3 atom stereocenters. The Hall–Kier alpha value is -3.30. The van der Waals surface area contributed by atoms with Crippen molar-refractivity contribution in [1.82, 2.24) is 24.6 Å². The molecule has 4 rings (SSSR count). The van der Waals surface area contributed by atoms with E-state index in [9.17, 15) is 0 Å². The van der Waals surface area contributed by atoms with E-state index in [1.807, 2.05) is 52.9 Å². The van der Waals surface area contributed by atoms with Crippen LogP contribution in [0.25, 0.3) is 0 Å². The fourth-order valence-corrected chi connectivity index (χ4v) is 4.86. The lowest BCUT2D eigenvalue weighted by atomic mass is 10.1. The van der Waals surface area contributed by atoms with Gasteiger partial charge in [0.05, 0.1) is 32.5 Å². The molecule has 0 bridgehead atoms. The maximum absolute atomic E-state index is 6.44. The lowest BCUT2D eigenvalue weighted by molar-refractivity contribution is -0.678. The highest BCUT2D eigenvalue weighted by molar-refractivity contribution is 5.29. The molecule has 1 aliphatic rings. The zero-order valence-corrected chi connectivity index (χ0v) is 24.0. The van der Waals surface area contributed by atoms with Crippen LogP contribution in [0.15, 0.2) is 84.7 Å². The van der Waals surface area contributed by atoms with Gasteiger partial charge in [-0.3, -0.25) is 9.58 Å². The van der Waals surface area contributed by atoms with Crippen molar-refractivity contribution in [2.45, 2.75) is 18.2 Å². The molecule has 0 amide bonds. The fraction of sp³-hybridized carbons (Fsp3) is 0.419. The first kappa shape index (κ1) is 28.7. The molecular formula is C31H43N6O2+. The van der Waals surface area contributed by atoms with E-state index in [1.54, 1.807) is 0 Å². The Morgan fingerprint density at radius 3 is 2.05 bits per heavy atom. The molecule has 39 heavy (non-hydrogen) atoms. The molecule has 8 heteroatoms. The molecule has 0 spiro atoms. The number of hydrazine groups is 1. The number of nitrogens with zero attached hydrogens (tertiary/aromatic N) is 6. The summed E-state index contributed by atoms with van der Waals surface area (Å²) in [5, 5.41) is 6.47. The number of benzene rings is 2. The Morgan fingerprint density at radius 1 is 0.872 bits per heavy atom. The molecule has 1 aromatic heterocycles. The number of hydrogen-bond donors (Lipinski definition) is 0. The van der Waals surface area contributed by atoms with E-state index in [-0.39, 0.29) is 18.2 Å². The molecule has 0 saturated carbocycles. The van der Waals surface area contributed by atoms with Gasteiger partial charge in [0.1, 0.15) is 17.9 Å². The third kappa shape index (κ3) is 7.42. The standard InChI is InChI=1S/C31H43N6O2/c1-33(2)19-21-38-31(26-15-11-8-12-16-26)29-23-27(36(5)37(29)6)24-34(3)20-22-39-30(25-13-9-7-10-14-25)28-17-18-32-35(28)4/h7-18,23,27,30-31H,5,19-22,24H2,1-4,6H3/q+1. The highest BCUT2D eigenvalue weighted by Gasteiger charge is 2.37. The Labute approximate surface area is 233 Å². The second-order valence-corrected chi connectivity index (χ2v) is 10.4. The highest BCUT2D eigenvalue weighted by atomic mass is 16.5. The molecule has 1 aliphatic heterocycles. The second kappa shape index (κ2) is 13.7. The first-order valence-electron chi connectivity index (χ1n) is 13.5. The van der Waals surface area contributed by atoms with Crippen LogP contribution in [0.1, 0.15) is 29.0 Å². The largest absolute Gasteiger partial charge is 0.366 e. The molecule has 3 unspecified atom stereocenters. The molecule has 0 N–H and O–H groups in total. The van der Waals surface area contributed by atoms with E-state index in [0.717, 1.165) is 42.2 Å². The molecular weight excluding hydrogens is 488 g/mol. The number of hydrazone groups is 1. The van der Waals surface area contributed by atoms with Crippen molar-refractivity contribution >= 4 is 6.72 Å².